The first-order chi connectivity index (χ1) is 7.76. The summed E-state index contributed by atoms with van der Waals surface area (Å²) in [5.41, 5.74) is -0.387. The van der Waals surface area contributed by atoms with Crippen molar-refractivity contribution >= 4 is 5.78 Å². The molecule has 0 heterocycles. The third-order valence-electron chi connectivity index (χ3n) is 5.08. The molecule has 1 heteroatoms. The topological polar surface area (TPSA) is 17.1 Å². The lowest BCUT2D eigenvalue weighted by atomic mass is 9.43. The molecule has 1 fully saturated rings. The molecule has 0 aromatic carbocycles. The third-order valence-corrected chi connectivity index (χ3v) is 5.08. The minimum Gasteiger partial charge on any atom is -0.298 e. The van der Waals surface area contributed by atoms with Crippen molar-refractivity contribution in [2.45, 2.75) is 75.2 Å². The molecule has 0 aromatic heterocycles. The first-order valence-corrected chi connectivity index (χ1v) is 7.31. The van der Waals surface area contributed by atoms with Gasteiger partial charge in [0.2, 0.25) is 0 Å². The van der Waals surface area contributed by atoms with Crippen molar-refractivity contribution in [3.8, 4) is 0 Å². The van der Waals surface area contributed by atoms with E-state index in [1.165, 1.54) is 0 Å². The molecule has 1 rings (SSSR count). The van der Waals surface area contributed by atoms with Crippen LogP contribution in [0, 0.1) is 27.6 Å². The van der Waals surface area contributed by atoms with Gasteiger partial charge in [0, 0.05) is 10.8 Å². The Bertz CT molecular complexity index is 322. The van der Waals surface area contributed by atoms with Gasteiger partial charge < -0.3 is 0 Å². The average Bonchev–Trinajstić information content (AvgIpc) is 2.06. The number of carbonyl (C=O) groups excluding carboxylic acids is 1. The van der Waals surface area contributed by atoms with Crippen LogP contribution in [0.1, 0.15) is 75.2 Å². The number of hydrogen-bond donors (Lipinski definition) is 0. The molecule has 0 radical (unpaired) electrons. The van der Waals surface area contributed by atoms with E-state index < -0.39 is 0 Å². The molecule has 0 aromatic rings. The molecule has 0 bridgehead atoms. The van der Waals surface area contributed by atoms with E-state index >= 15 is 0 Å². The Kier molecular flexibility index (Phi) is 3.57. The summed E-state index contributed by atoms with van der Waals surface area (Å²) in [5.74, 6) is 1.10. The van der Waals surface area contributed by atoms with Crippen LogP contribution in [0.25, 0.3) is 0 Å². The van der Waals surface area contributed by atoms with Crippen LogP contribution in [0.2, 0.25) is 0 Å². The Morgan fingerprint density at radius 2 is 1.33 bits per heavy atom. The van der Waals surface area contributed by atoms with Crippen LogP contribution in [0.5, 0.6) is 0 Å². The molecule has 106 valence electrons. The first kappa shape index (κ1) is 15.7. The minimum absolute atomic E-state index is 0.00822. The molecular weight excluding hydrogens is 220 g/mol. The molecule has 1 aliphatic rings. The van der Waals surface area contributed by atoms with E-state index in [9.17, 15) is 4.79 Å². The van der Waals surface area contributed by atoms with Crippen molar-refractivity contribution in [1.82, 2.24) is 0 Å². The van der Waals surface area contributed by atoms with Gasteiger partial charge in [0.05, 0.1) is 0 Å². The molecule has 1 atom stereocenters. The van der Waals surface area contributed by atoms with Gasteiger partial charge in [-0.2, -0.15) is 0 Å². The van der Waals surface area contributed by atoms with Crippen LogP contribution in [-0.4, -0.2) is 5.78 Å². The zero-order valence-electron chi connectivity index (χ0n) is 13.9. The minimum atomic E-state index is -0.221. The maximum atomic E-state index is 13.2. The molecule has 0 amide bonds. The Hall–Kier alpha value is -0.330. The van der Waals surface area contributed by atoms with Crippen molar-refractivity contribution < 1.29 is 4.79 Å². The summed E-state index contributed by atoms with van der Waals surface area (Å²) in [6.07, 6.45) is 2.06. The highest BCUT2D eigenvalue weighted by atomic mass is 16.1. The lowest BCUT2D eigenvalue weighted by Gasteiger charge is -2.59. The van der Waals surface area contributed by atoms with Crippen molar-refractivity contribution in [3.63, 3.8) is 0 Å². The highest BCUT2D eigenvalue weighted by Crippen LogP contribution is 2.62. The van der Waals surface area contributed by atoms with Crippen molar-refractivity contribution in [3.05, 3.63) is 0 Å². The molecule has 0 N–H and O–H groups in total. The molecule has 1 aliphatic carbocycles. The fraction of sp³-hybridized carbons (Fsp3) is 0.941. The van der Waals surface area contributed by atoms with Gasteiger partial charge in [-0.25, -0.2) is 0 Å². The van der Waals surface area contributed by atoms with Gasteiger partial charge in [0.1, 0.15) is 5.78 Å². The Morgan fingerprint density at radius 1 is 0.944 bits per heavy atom. The normalized spacial score (nSPS) is 28.3. The van der Waals surface area contributed by atoms with Gasteiger partial charge in [0.25, 0.3) is 0 Å². The van der Waals surface area contributed by atoms with Gasteiger partial charge in [-0.15, -0.1) is 0 Å². The predicted molar refractivity (Wildman–Crippen MR) is 78.5 cm³/mol. The molecular formula is C17H32O. The van der Waals surface area contributed by atoms with E-state index in [-0.39, 0.29) is 21.7 Å². The lowest BCUT2D eigenvalue weighted by Crippen LogP contribution is -2.59. The van der Waals surface area contributed by atoms with E-state index in [2.05, 4.69) is 62.3 Å². The maximum absolute atomic E-state index is 13.2. The van der Waals surface area contributed by atoms with E-state index in [1.54, 1.807) is 0 Å². The standard InChI is InChI=1S/C17H32O/c1-12-10-16(8,9)13(18)17(11-12,14(2,3)4)15(5,6)7/h12H,10-11H2,1-9H3. The quantitative estimate of drug-likeness (QED) is 0.587. The number of Topliss-reactive ketones (excluding diaryl/α,β-unsaturated/α-hetero) is 1. The van der Waals surface area contributed by atoms with Crippen LogP contribution in [0.15, 0.2) is 0 Å². The molecule has 1 unspecified atom stereocenters. The summed E-state index contributed by atoms with van der Waals surface area (Å²) < 4.78 is 0. The van der Waals surface area contributed by atoms with Gasteiger partial charge >= 0.3 is 0 Å². The molecule has 0 saturated heterocycles. The van der Waals surface area contributed by atoms with E-state index in [0.717, 1.165) is 12.8 Å². The highest BCUT2D eigenvalue weighted by Gasteiger charge is 2.61. The molecule has 1 saturated carbocycles. The molecule has 1 nitrogen and oxygen atoms in total. The lowest BCUT2D eigenvalue weighted by molar-refractivity contribution is -0.167. The number of rotatable bonds is 0. The van der Waals surface area contributed by atoms with Crippen molar-refractivity contribution in [1.29, 1.82) is 0 Å². The third kappa shape index (κ3) is 2.14. The Balaban J connectivity index is 3.48. The van der Waals surface area contributed by atoms with Crippen molar-refractivity contribution in [2.75, 3.05) is 0 Å². The van der Waals surface area contributed by atoms with Crippen LogP contribution in [0.4, 0.5) is 0 Å². The monoisotopic (exact) mass is 252 g/mol. The second-order valence-corrected chi connectivity index (χ2v) is 9.13. The summed E-state index contributed by atoms with van der Waals surface area (Å²) in [5, 5.41) is 0. The van der Waals surface area contributed by atoms with Crippen molar-refractivity contribution in [2.24, 2.45) is 27.6 Å². The number of ketones is 1. The zero-order chi connectivity index (χ0) is 14.6. The number of hydrogen-bond acceptors (Lipinski definition) is 1. The Morgan fingerprint density at radius 3 is 1.67 bits per heavy atom. The summed E-state index contributed by atoms with van der Waals surface area (Å²) in [7, 11) is 0. The van der Waals surface area contributed by atoms with Gasteiger partial charge in [-0.3, -0.25) is 4.79 Å². The fourth-order valence-corrected chi connectivity index (χ4v) is 4.65. The van der Waals surface area contributed by atoms with Crippen LogP contribution in [-0.2, 0) is 4.79 Å². The molecule has 18 heavy (non-hydrogen) atoms. The van der Waals surface area contributed by atoms with E-state index in [4.69, 9.17) is 0 Å². The smallest absolute Gasteiger partial charge is 0.145 e. The zero-order valence-corrected chi connectivity index (χ0v) is 13.9. The summed E-state index contributed by atoms with van der Waals surface area (Å²) in [6.45, 7) is 20.0. The van der Waals surface area contributed by atoms with Gasteiger partial charge in [0.15, 0.2) is 0 Å². The van der Waals surface area contributed by atoms with Gasteiger partial charge in [-0.05, 0) is 29.6 Å². The molecule has 0 aliphatic heterocycles. The van der Waals surface area contributed by atoms with Crippen LogP contribution in [0.3, 0.4) is 0 Å². The maximum Gasteiger partial charge on any atom is 0.145 e. The first-order valence-electron chi connectivity index (χ1n) is 7.31. The highest BCUT2D eigenvalue weighted by molar-refractivity contribution is 5.92. The van der Waals surface area contributed by atoms with Crippen LogP contribution < -0.4 is 0 Å². The van der Waals surface area contributed by atoms with E-state index in [1.807, 2.05) is 0 Å². The average molecular weight is 252 g/mol. The summed E-state index contributed by atoms with van der Waals surface area (Å²) in [6, 6.07) is 0. The Labute approximate surface area is 114 Å². The second-order valence-electron chi connectivity index (χ2n) is 9.13. The van der Waals surface area contributed by atoms with E-state index in [0.29, 0.717) is 11.7 Å². The van der Waals surface area contributed by atoms with Crippen LogP contribution >= 0.6 is 0 Å². The SMILES string of the molecule is CC1CC(C)(C)C(=O)C(C(C)(C)C)(C(C)(C)C)C1. The molecule has 0 spiro atoms. The second kappa shape index (κ2) is 4.08. The summed E-state index contributed by atoms with van der Waals surface area (Å²) in [4.78, 5) is 13.2. The van der Waals surface area contributed by atoms with Gasteiger partial charge in [-0.1, -0.05) is 62.3 Å². The summed E-state index contributed by atoms with van der Waals surface area (Å²) >= 11 is 0. The predicted octanol–water partition coefficient (Wildman–Crippen LogP) is 5.09. The fourth-order valence-electron chi connectivity index (χ4n) is 4.65. The number of carbonyl (C=O) groups is 1. The largest absolute Gasteiger partial charge is 0.298 e.